The Balaban J connectivity index is 2.97. The second kappa shape index (κ2) is 7.26. The van der Waals surface area contributed by atoms with Crippen LogP contribution in [0.4, 0.5) is 0 Å². The van der Waals surface area contributed by atoms with E-state index >= 15 is 0 Å². The summed E-state index contributed by atoms with van der Waals surface area (Å²) in [4.78, 5) is 11.7. The standard InChI is InChI=1S/C12H15Cl2NO4S/c1-8-6-9(12(16)15-4-3-5-19-2)7-10(11(8)13)20(14,17)18/h6-7H,3-5H2,1-2H3,(H,15,16). The first-order valence-corrected chi connectivity index (χ1v) is 8.48. The molecular formula is C12H15Cl2NO4S. The van der Waals surface area contributed by atoms with Crippen molar-refractivity contribution in [2.75, 3.05) is 20.3 Å². The predicted molar refractivity (Wildman–Crippen MR) is 78.1 cm³/mol. The topological polar surface area (TPSA) is 72.5 Å². The molecule has 0 heterocycles. The van der Waals surface area contributed by atoms with Crippen LogP contribution in [0.25, 0.3) is 0 Å². The summed E-state index contributed by atoms with van der Waals surface area (Å²) in [6.45, 7) is 2.56. The molecule has 0 aliphatic carbocycles. The third kappa shape index (κ3) is 4.63. The molecule has 1 N–H and O–H groups in total. The Hall–Kier alpha value is -0.820. The Morgan fingerprint density at radius 1 is 1.40 bits per heavy atom. The summed E-state index contributed by atoms with van der Waals surface area (Å²) in [6, 6.07) is 2.68. The smallest absolute Gasteiger partial charge is 0.262 e. The predicted octanol–water partition coefficient (Wildman–Crippen LogP) is 2.34. The Morgan fingerprint density at radius 2 is 2.05 bits per heavy atom. The van der Waals surface area contributed by atoms with E-state index in [0.717, 1.165) is 0 Å². The third-order valence-electron chi connectivity index (χ3n) is 2.56. The van der Waals surface area contributed by atoms with Crippen molar-refractivity contribution in [3.63, 3.8) is 0 Å². The lowest BCUT2D eigenvalue weighted by Gasteiger charge is -2.09. The minimum absolute atomic E-state index is 0.0240. The molecule has 1 aromatic carbocycles. The van der Waals surface area contributed by atoms with Crippen molar-refractivity contribution in [1.82, 2.24) is 5.32 Å². The number of halogens is 2. The molecule has 1 amide bonds. The van der Waals surface area contributed by atoms with Gasteiger partial charge in [0.25, 0.3) is 15.0 Å². The number of benzene rings is 1. The number of carbonyl (C=O) groups is 1. The summed E-state index contributed by atoms with van der Waals surface area (Å²) < 4.78 is 27.7. The number of methoxy groups -OCH3 is 1. The molecule has 112 valence electrons. The fraction of sp³-hybridized carbons (Fsp3) is 0.417. The summed E-state index contributed by atoms with van der Waals surface area (Å²) in [7, 11) is 2.87. The summed E-state index contributed by atoms with van der Waals surface area (Å²) in [6.07, 6.45) is 0.662. The van der Waals surface area contributed by atoms with Crippen LogP contribution >= 0.6 is 22.3 Å². The van der Waals surface area contributed by atoms with Crippen molar-refractivity contribution in [3.05, 3.63) is 28.3 Å². The Kier molecular flexibility index (Phi) is 6.26. The highest BCUT2D eigenvalue weighted by Crippen LogP contribution is 2.29. The van der Waals surface area contributed by atoms with E-state index in [1.165, 1.54) is 12.1 Å². The molecule has 0 radical (unpaired) electrons. The van der Waals surface area contributed by atoms with Crippen LogP contribution in [0.15, 0.2) is 17.0 Å². The van der Waals surface area contributed by atoms with Gasteiger partial charge in [-0.15, -0.1) is 0 Å². The van der Waals surface area contributed by atoms with Crippen molar-refractivity contribution in [2.24, 2.45) is 0 Å². The van der Waals surface area contributed by atoms with Crippen LogP contribution in [-0.2, 0) is 13.8 Å². The molecule has 0 unspecified atom stereocenters. The summed E-state index contributed by atoms with van der Waals surface area (Å²) in [5.74, 6) is -0.387. The van der Waals surface area contributed by atoms with Crippen LogP contribution in [0.5, 0.6) is 0 Å². The van der Waals surface area contributed by atoms with Gasteiger partial charge in [-0.2, -0.15) is 0 Å². The molecule has 1 aromatic rings. The molecule has 0 bridgehead atoms. The molecule has 20 heavy (non-hydrogen) atoms. The van der Waals surface area contributed by atoms with E-state index < -0.39 is 9.05 Å². The summed E-state index contributed by atoms with van der Waals surface area (Å²) in [5, 5.41) is 2.68. The van der Waals surface area contributed by atoms with Crippen LogP contribution in [0.2, 0.25) is 5.02 Å². The minimum Gasteiger partial charge on any atom is -0.385 e. The molecule has 1 rings (SSSR count). The minimum atomic E-state index is -4.00. The van der Waals surface area contributed by atoms with E-state index in [0.29, 0.717) is 25.1 Å². The number of hydrogen-bond acceptors (Lipinski definition) is 4. The Bertz CT molecular complexity index is 602. The molecule has 8 heteroatoms. The van der Waals surface area contributed by atoms with Crippen molar-refractivity contribution in [1.29, 1.82) is 0 Å². The Labute approximate surface area is 127 Å². The molecule has 0 aliphatic heterocycles. The van der Waals surface area contributed by atoms with Crippen molar-refractivity contribution in [3.8, 4) is 0 Å². The molecule has 0 fully saturated rings. The zero-order valence-electron chi connectivity index (χ0n) is 11.1. The number of rotatable bonds is 6. The van der Waals surface area contributed by atoms with E-state index in [4.69, 9.17) is 27.0 Å². The van der Waals surface area contributed by atoms with Gasteiger partial charge in [-0.3, -0.25) is 4.79 Å². The van der Waals surface area contributed by atoms with Crippen LogP contribution in [0.1, 0.15) is 22.3 Å². The van der Waals surface area contributed by atoms with Gasteiger partial charge >= 0.3 is 0 Å². The number of carbonyl (C=O) groups excluding carboxylic acids is 1. The first-order valence-electron chi connectivity index (χ1n) is 5.79. The lowest BCUT2D eigenvalue weighted by molar-refractivity contribution is 0.0948. The quantitative estimate of drug-likeness (QED) is 0.637. The maximum atomic E-state index is 11.9. The normalized spacial score (nSPS) is 11.4. The highest BCUT2D eigenvalue weighted by Gasteiger charge is 2.19. The molecule has 0 aromatic heterocycles. The number of hydrogen-bond donors (Lipinski definition) is 1. The molecule has 0 aliphatic rings. The first kappa shape index (κ1) is 17.2. The van der Waals surface area contributed by atoms with Crippen molar-refractivity contribution < 1.29 is 17.9 Å². The van der Waals surface area contributed by atoms with E-state index in [-0.39, 0.29) is 21.4 Å². The van der Waals surface area contributed by atoms with Gasteiger partial charge in [0.1, 0.15) is 4.90 Å². The highest BCUT2D eigenvalue weighted by molar-refractivity contribution is 8.13. The van der Waals surface area contributed by atoms with E-state index in [2.05, 4.69) is 5.32 Å². The van der Waals surface area contributed by atoms with Crippen molar-refractivity contribution >= 4 is 37.2 Å². The van der Waals surface area contributed by atoms with Gasteiger partial charge < -0.3 is 10.1 Å². The fourth-order valence-electron chi connectivity index (χ4n) is 1.57. The van der Waals surface area contributed by atoms with Crippen LogP contribution in [0, 0.1) is 6.92 Å². The average molecular weight is 340 g/mol. The van der Waals surface area contributed by atoms with Gasteiger partial charge in [0.2, 0.25) is 0 Å². The summed E-state index contributed by atoms with van der Waals surface area (Å²) >= 11 is 5.89. The summed E-state index contributed by atoms with van der Waals surface area (Å²) in [5.41, 5.74) is 0.666. The molecule has 0 spiro atoms. The fourth-order valence-corrected chi connectivity index (χ4v) is 3.11. The van der Waals surface area contributed by atoms with E-state index in [1.807, 2.05) is 0 Å². The van der Waals surface area contributed by atoms with Gasteiger partial charge in [0.05, 0.1) is 5.02 Å². The second-order valence-corrected chi connectivity index (χ2v) is 7.06. The second-order valence-electron chi connectivity index (χ2n) is 4.15. The molecule has 5 nitrogen and oxygen atoms in total. The first-order chi connectivity index (χ1) is 9.27. The monoisotopic (exact) mass is 339 g/mol. The van der Waals surface area contributed by atoms with Gasteiger partial charge in [-0.05, 0) is 31.0 Å². The number of ether oxygens (including phenoxy) is 1. The largest absolute Gasteiger partial charge is 0.385 e. The third-order valence-corrected chi connectivity index (χ3v) is 4.52. The maximum absolute atomic E-state index is 11.9. The SMILES string of the molecule is COCCCNC(=O)c1cc(C)c(Cl)c(S(=O)(=O)Cl)c1. The van der Waals surface area contributed by atoms with E-state index in [9.17, 15) is 13.2 Å². The van der Waals surface area contributed by atoms with Crippen molar-refractivity contribution in [2.45, 2.75) is 18.2 Å². The van der Waals surface area contributed by atoms with Gasteiger partial charge in [-0.25, -0.2) is 8.42 Å². The number of amides is 1. The van der Waals surface area contributed by atoms with Crippen LogP contribution < -0.4 is 5.32 Å². The van der Waals surface area contributed by atoms with E-state index in [1.54, 1.807) is 14.0 Å². The molecule has 0 saturated carbocycles. The Morgan fingerprint density at radius 3 is 2.60 bits per heavy atom. The molecular weight excluding hydrogens is 325 g/mol. The van der Waals surface area contributed by atoms with Gasteiger partial charge in [0, 0.05) is 36.5 Å². The van der Waals surface area contributed by atoms with Gasteiger partial charge in [-0.1, -0.05) is 11.6 Å². The van der Waals surface area contributed by atoms with Gasteiger partial charge in [0.15, 0.2) is 0 Å². The van der Waals surface area contributed by atoms with Crippen LogP contribution in [-0.4, -0.2) is 34.6 Å². The lowest BCUT2D eigenvalue weighted by Crippen LogP contribution is -2.25. The average Bonchev–Trinajstić information content (AvgIpc) is 2.36. The zero-order chi connectivity index (χ0) is 15.3. The maximum Gasteiger partial charge on any atom is 0.262 e. The molecule has 0 atom stereocenters. The van der Waals surface area contributed by atoms with Crippen LogP contribution in [0.3, 0.4) is 0 Å². The molecule has 0 saturated heterocycles. The lowest BCUT2D eigenvalue weighted by atomic mass is 10.1. The number of nitrogens with one attached hydrogen (secondary N) is 1. The zero-order valence-corrected chi connectivity index (χ0v) is 13.4. The highest BCUT2D eigenvalue weighted by atomic mass is 35.7. The number of aryl methyl sites for hydroxylation is 1.